The molecular weight excluding hydrogens is 440 g/mol. The van der Waals surface area contributed by atoms with Crippen LogP contribution < -0.4 is 10.2 Å². The van der Waals surface area contributed by atoms with Crippen molar-refractivity contribution in [3.8, 4) is 0 Å². The van der Waals surface area contributed by atoms with E-state index in [9.17, 15) is 9.59 Å². The van der Waals surface area contributed by atoms with Gasteiger partial charge < -0.3 is 4.90 Å². The largest absolute Gasteiger partial charge is 0.312 e. The molecule has 1 saturated heterocycles. The first-order valence-electron chi connectivity index (χ1n) is 8.77. The molecule has 1 aromatic heterocycles. The summed E-state index contributed by atoms with van der Waals surface area (Å²) in [5.74, 6) is -0.187. The molecule has 142 valence electrons. The van der Waals surface area contributed by atoms with Crippen molar-refractivity contribution in [3.05, 3.63) is 69.1 Å². The van der Waals surface area contributed by atoms with Gasteiger partial charge >= 0.3 is 0 Å². The van der Waals surface area contributed by atoms with E-state index in [4.69, 9.17) is 0 Å². The summed E-state index contributed by atoms with van der Waals surface area (Å²) in [6, 6.07) is 15.0. The molecule has 6 nitrogen and oxygen atoms in total. The fourth-order valence-corrected chi connectivity index (χ4v) is 4.16. The van der Waals surface area contributed by atoms with Crippen LogP contribution in [0.3, 0.4) is 0 Å². The molecule has 2 aromatic carbocycles. The monoisotopic (exact) mass is 456 g/mol. The molecule has 1 atom stereocenters. The van der Waals surface area contributed by atoms with E-state index in [2.05, 4.69) is 31.4 Å². The Bertz CT molecular complexity index is 1020. The number of aromatic nitrogens is 2. The van der Waals surface area contributed by atoms with Gasteiger partial charge in [0.05, 0.1) is 0 Å². The molecule has 1 unspecified atom stereocenters. The smallest absolute Gasteiger partial charge is 0.257 e. The van der Waals surface area contributed by atoms with E-state index < -0.39 is 0 Å². The van der Waals surface area contributed by atoms with E-state index in [0.29, 0.717) is 23.7 Å². The number of nitrogens with zero attached hydrogens (tertiary/aromatic N) is 3. The summed E-state index contributed by atoms with van der Waals surface area (Å²) in [7, 11) is 0. The minimum Gasteiger partial charge on any atom is -0.312 e. The Hall–Kier alpha value is -2.58. The number of hydrogen-bond acceptors (Lipinski definition) is 5. The van der Waals surface area contributed by atoms with Gasteiger partial charge in [0.25, 0.3) is 5.91 Å². The third-order valence-electron chi connectivity index (χ3n) is 4.59. The van der Waals surface area contributed by atoms with Crippen LogP contribution in [0.15, 0.2) is 53.0 Å². The number of rotatable bonds is 4. The first kappa shape index (κ1) is 18.8. The molecule has 2 amide bonds. The number of anilines is 2. The molecule has 1 N–H and O–H groups in total. The number of halogens is 1. The highest BCUT2D eigenvalue weighted by molar-refractivity contribution is 9.10. The molecule has 0 saturated carbocycles. The van der Waals surface area contributed by atoms with E-state index in [1.54, 1.807) is 17.0 Å². The third kappa shape index (κ3) is 3.98. The standard InChI is InChI=1S/C20H17BrN4O2S/c1-12-2-8-16(9-3-12)25-11-14(10-17(25)26)19-23-24-20(28-19)22-18(27)13-4-6-15(21)7-5-13/h2-9,14H,10-11H2,1H3,(H,22,24,27). The Kier molecular flexibility index (Phi) is 5.23. The summed E-state index contributed by atoms with van der Waals surface area (Å²) in [5, 5.41) is 12.2. The van der Waals surface area contributed by atoms with Crippen LogP contribution in [0.25, 0.3) is 0 Å². The maximum atomic E-state index is 12.4. The van der Waals surface area contributed by atoms with E-state index in [1.165, 1.54) is 11.3 Å². The van der Waals surface area contributed by atoms with Crippen molar-refractivity contribution >= 4 is 49.9 Å². The number of amides is 2. The van der Waals surface area contributed by atoms with Gasteiger partial charge in [-0.25, -0.2) is 0 Å². The predicted octanol–water partition coefficient (Wildman–Crippen LogP) is 4.38. The van der Waals surface area contributed by atoms with Crippen LogP contribution in [0, 0.1) is 6.92 Å². The second-order valence-electron chi connectivity index (χ2n) is 6.65. The average Bonchev–Trinajstić information content (AvgIpc) is 3.29. The van der Waals surface area contributed by atoms with Crippen LogP contribution in [0.1, 0.15) is 33.3 Å². The van der Waals surface area contributed by atoms with Crippen molar-refractivity contribution in [2.24, 2.45) is 0 Å². The molecular formula is C20H17BrN4O2S. The Labute approximate surface area is 174 Å². The molecule has 1 aliphatic heterocycles. The van der Waals surface area contributed by atoms with Gasteiger partial charge in [0.2, 0.25) is 11.0 Å². The molecule has 8 heteroatoms. The normalized spacial score (nSPS) is 16.4. The van der Waals surface area contributed by atoms with Crippen LogP contribution >= 0.6 is 27.3 Å². The van der Waals surface area contributed by atoms with Gasteiger partial charge in [-0.3, -0.25) is 14.9 Å². The Balaban J connectivity index is 1.44. The number of hydrogen-bond donors (Lipinski definition) is 1. The van der Waals surface area contributed by atoms with Gasteiger partial charge in [-0.1, -0.05) is 45.0 Å². The minimum atomic E-state index is -0.237. The second-order valence-corrected chi connectivity index (χ2v) is 8.57. The van der Waals surface area contributed by atoms with E-state index in [0.717, 1.165) is 20.7 Å². The third-order valence-corrected chi connectivity index (χ3v) is 6.12. The number of aryl methyl sites for hydroxylation is 1. The lowest BCUT2D eigenvalue weighted by molar-refractivity contribution is -0.117. The summed E-state index contributed by atoms with van der Waals surface area (Å²) in [6.07, 6.45) is 0.392. The topological polar surface area (TPSA) is 75.2 Å². The molecule has 0 aliphatic carbocycles. The highest BCUT2D eigenvalue weighted by Gasteiger charge is 2.34. The van der Waals surface area contributed by atoms with Gasteiger partial charge in [-0.05, 0) is 43.3 Å². The average molecular weight is 457 g/mol. The molecule has 1 aliphatic rings. The molecule has 1 fully saturated rings. The van der Waals surface area contributed by atoms with Crippen LogP contribution in [0.5, 0.6) is 0 Å². The van der Waals surface area contributed by atoms with Crippen LogP contribution in [0.4, 0.5) is 10.8 Å². The molecule has 0 bridgehead atoms. The van der Waals surface area contributed by atoms with Crippen LogP contribution in [-0.4, -0.2) is 28.6 Å². The lowest BCUT2D eigenvalue weighted by Crippen LogP contribution is -2.24. The molecule has 0 spiro atoms. The van der Waals surface area contributed by atoms with Gasteiger partial charge in [-0.2, -0.15) is 0 Å². The van der Waals surface area contributed by atoms with Gasteiger partial charge in [0.1, 0.15) is 5.01 Å². The lowest BCUT2D eigenvalue weighted by atomic mass is 10.1. The van der Waals surface area contributed by atoms with Gasteiger partial charge in [0.15, 0.2) is 0 Å². The zero-order valence-electron chi connectivity index (χ0n) is 15.1. The quantitative estimate of drug-likeness (QED) is 0.631. The molecule has 28 heavy (non-hydrogen) atoms. The molecule has 0 radical (unpaired) electrons. The summed E-state index contributed by atoms with van der Waals surface area (Å²) >= 11 is 4.66. The fourth-order valence-electron chi connectivity index (χ4n) is 3.07. The van der Waals surface area contributed by atoms with E-state index in [-0.39, 0.29) is 17.7 Å². The van der Waals surface area contributed by atoms with Crippen molar-refractivity contribution < 1.29 is 9.59 Å². The zero-order valence-corrected chi connectivity index (χ0v) is 17.5. The van der Waals surface area contributed by atoms with E-state index in [1.807, 2.05) is 43.3 Å². The maximum absolute atomic E-state index is 12.4. The SMILES string of the molecule is Cc1ccc(N2CC(c3nnc(NC(=O)c4ccc(Br)cc4)s3)CC2=O)cc1. The number of carbonyl (C=O) groups excluding carboxylic acids is 2. The van der Waals surface area contributed by atoms with Gasteiger partial charge in [-0.15, -0.1) is 10.2 Å². The van der Waals surface area contributed by atoms with E-state index >= 15 is 0 Å². The highest BCUT2D eigenvalue weighted by atomic mass is 79.9. The first-order chi connectivity index (χ1) is 13.5. The first-order valence-corrected chi connectivity index (χ1v) is 10.4. The highest BCUT2D eigenvalue weighted by Crippen LogP contribution is 2.34. The Morgan fingerprint density at radius 2 is 1.86 bits per heavy atom. The predicted molar refractivity (Wildman–Crippen MR) is 113 cm³/mol. The maximum Gasteiger partial charge on any atom is 0.257 e. The van der Waals surface area contributed by atoms with Crippen molar-refractivity contribution in [3.63, 3.8) is 0 Å². The number of carbonyl (C=O) groups is 2. The molecule has 4 rings (SSSR count). The minimum absolute atomic E-state index is 0.0235. The number of benzene rings is 2. The number of nitrogens with one attached hydrogen (secondary N) is 1. The van der Waals surface area contributed by atoms with Crippen molar-refractivity contribution in [1.82, 2.24) is 10.2 Å². The lowest BCUT2D eigenvalue weighted by Gasteiger charge is -2.16. The van der Waals surface area contributed by atoms with Crippen molar-refractivity contribution in [2.45, 2.75) is 19.3 Å². The Morgan fingerprint density at radius 1 is 1.14 bits per heavy atom. The zero-order chi connectivity index (χ0) is 19.7. The fraction of sp³-hybridized carbons (Fsp3) is 0.200. The summed E-state index contributed by atoms with van der Waals surface area (Å²) in [4.78, 5) is 26.6. The van der Waals surface area contributed by atoms with Crippen LogP contribution in [-0.2, 0) is 4.79 Å². The second kappa shape index (κ2) is 7.81. The molecule has 2 heterocycles. The van der Waals surface area contributed by atoms with Gasteiger partial charge in [0, 0.05) is 34.6 Å². The summed E-state index contributed by atoms with van der Waals surface area (Å²) in [6.45, 7) is 2.58. The molecule has 3 aromatic rings. The van der Waals surface area contributed by atoms with Crippen molar-refractivity contribution in [1.29, 1.82) is 0 Å². The summed E-state index contributed by atoms with van der Waals surface area (Å²) < 4.78 is 0.909. The summed E-state index contributed by atoms with van der Waals surface area (Å²) in [5.41, 5.74) is 2.59. The Morgan fingerprint density at radius 3 is 2.57 bits per heavy atom. The van der Waals surface area contributed by atoms with Crippen LogP contribution in [0.2, 0.25) is 0 Å². The van der Waals surface area contributed by atoms with Crippen molar-refractivity contribution in [2.75, 3.05) is 16.8 Å².